The van der Waals surface area contributed by atoms with Gasteiger partial charge in [-0.2, -0.15) is 0 Å². The van der Waals surface area contributed by atoms with E-state index < -0.39 is 0 Å². The second-order valence-electron chi connectivity index (χ2n) is 11.0. The Balaban J connectivity index is 1.84. The van der Waals surface area contributed by atoms with Gasteiger partial charge < -0.3 is 0 Å². The Kier molecular flexibility index (Phi) is 5.64. The van der Waals surface area contributed by atoms with Gasteiger partial charge in [0.25, 0.3) is 0 Å². The summed E-state index contributed by atoms with van der Waals surface area (Å²) in [5.74, 6) is 0.479. The van der Waals surface area contributed by atoms with Gasteiger partial charge in [0.2, 0.25) is 0 Å². The summed E-state index contributed by atoms with van der Waals surface area (Å²) in [6.45, 7) is 13.5. The van der Waals surface area contributed by atoms with E-state index in [0.717, 1.165) is 0 Å². The topological polar surface area (TPSA) is 0 Å². The van der Waals surface area contributed by atoms with Crippen LogP contribution in [0.25, 0.3) is 54.6 Å². The van der Waals surface area contributed by atoms with Gasteiger partial charge in [-0.1, -0.05) is 92.7 Å². The lowest BCUT2D eigenvalue weighted by atomic mass is 9.84. The molecule has 0 aliphatic rings. The second-order valence-corrected chi connectivity index (χ2v) is 11.0. The number of benzene rings is 6. The Labute approximate surface area is 220 Å². The zero-order valence-electron chi connectivity index (χ0n) is 22.7. The van der Waals surface area contributed by atoms with Crippen molar-refractivity contribution < 1.29 is 0 Å². The highest BCUT2D eigenvalue weighted by molar-refractivity contribution is 6.24. The molecule has 0 heteroatoms. The molecule has 0 bridgehead atoms. The smallest absolute Gasteiger partial charge is 0.00923 e. The summed E-state index contributed by atoms with van der Waals surface area (Å²) in [5.41, 5.74) is 12.1. The van der Waals surface area contributed by atoms with Gasteiger partial charge in [0.05, 0.1) is 0 Å². The molecule has 182 valence electrons. The summed E-state index contributed by atoms with van der Waals surface area (Å²) in [6.07, 6.45) is 0. The molecule has 0 spiro atoms. The van der Waals surface area contributed by atoms with Crippen molar-refractivity contribution >= 4 is 32.3 Å². The molecule has 0 aromatic heterocycles. The first kappa shape index (κ1) is 23.5. The largest absolute Gasteiger partial charge is 0.0617 e. The molecule has 0 aliphatic carbocycles. The normalized spacial score (nSPS) is 11.8. The summed E-state index contributed by atoms with van der Waals surface area (Å²) in [6, 6.07) is 34.3. The molecular formula is C37H34. The molecule has 0 saturated heterocycles. The highest BCUT2D eigenvalue weighted by Gasteiger charge is 2.18. The van der Waals surface area contributed by atoms with Gasteiger partial charge in [0, 0.05) is 0 Å². The Hall–Kier alpha value is -3.90. The van der Waals surface area contributed by atoms with Gasteiger partial charge in [-0.05, 0) is 128 Å². The van der Waals surface area contributed by atoms with E-state index in [9.17, 15) is 0 Å². The maximum absolute atomic E-state index is 2.47. The molecule has 6 aromatic carbocycles. The number of hydrogen-bond acceptors (Lipinski definition) is 0. The highest BCUT2D eigenvalue weighted by Crippen LogP contribution is 2.44. The Morgan fingerprint density at radius 3 is 1.38 bits per heavy atom. The van der Waals surface area contributed by atoms with Crippen molar-refractivity contribution in [2.75, 3.05) is 0 Å². The molecule has 0 amide bonds. The lowest BCUT2D eigenvalue weighted by Gasteiger charge is -2.20. The first-order valence-corrected chi connectivity index (χ1v) is 13.4. The van der Waals surface area contributed by atoms with Crippen LogP contribution in [0.3, 0.4) is 0 Å². The third-order valence-electron chi connectivity index (χ3n) is 8.17. The Bertz CT molecular complexity index is 1790. The van der Waals surface area contributed by atoms with E-state index in [2.05, 4.69) is 133 Å². The van der Waals surface area contributed by atoms with Crippen molar-refractivity contribution in [2.24, 2.45) is 0 Å². The monoisotopic (exact) mass is 478 g/mol. The van der Waals surface area contributed by atoms with Gasteiger partial charge in [0.1, 0.15) is 0 Å². The van der Waals surface area contributed by atoms with E-state index in [0.29, 0.717) is 5.92 Å². The number of fused-ring (bicyclic) bond motifs is 5. The van der Waals surface area contributed by atoms with Crippen LogP contribution in [0.4, 0.5) is 0 Å². The second kappa shape index (κ2) is 8.89. The van der Waals surface area contributed by atoms with Crippen LogP contribution in [0.2, 0.25) is 0 Å². The fraction of sp³-hybridized carbons (Fsp3) is 0.189. The predicted octanol–water partition coefficient (Wildman–Crippen LogP) is 10.8. The average Bonchev–Trinajstić information content (AvgIpc) is 2.88. The SMILES string of the molecule is Cc1cccc(C)c1-c1cc2c3ccc(C(C)C)cc3c(-c3c(C)cccc3C)cc2c2ccccc12. The molecule has 0 heterocycles. The molecule has 0 nitrogen and oxygen atoms in total. The molecule has 0 saturated carbocycles. The number of rotatable bonds is 3. The van der Waals surface area contributed by atoms with Crippen LogP contribution in [0, 0.1) is 27.7 Å². The number of hydrogen-bond donors (Lipinski definition) is 0. The molecule has 0 atom stereocenters. The van der Waals surface area contributed by atoms with Gasteiger partial charge in [0.15, 0.2) is 0 Å². The quantitative estimate of drug-likeness (QED) is 0.222. The third-order valence-corrected chi connectivity index (χ3v) is 8.17. The minimum Gasteiger partial charge on any atom is -0.0617 e. The highest BCUT2D eigenvalue weighted by atomic mass is 14.2. The molecule has 0 N–H and O–H groups in total. The van der Waals surface area contributed by atoms with Gasteiger partial charge >= 0.3 is 0 Å². The molecule has 0 aliphatic heterocycles. The zero-order chi connectivity index (χ0) is 25.8. The van der Waals surface area contributed by atoms with E-state index in [1.807, 2.05) is 0 Å². The predicted molar refractivity (Wildman–Crippen MR) is 163 cm³/mol. The van der Waals surface area contributed by atoms with Crippen molar-refractivity contribution in [3.8, 4) is 22.3 Å². The molecule has 0 radical (unpaired) electrons. The van der Waals surface area contributed by atoms with Crippen molar-refractivity contribution in [3.05, 3.63) is 119 Å². The van der Waals surface area contributed by atoms with E-state index in [1.165, 1.54) is 82.4 Å². The van der Waals surface area contributed by atoms with Crippen LogP contribution in [0.15, 0.2) is 91.0 Å². The van der Waals surface area contributed by atoms with E-state index in [1.54, 1.807) is 0 Å². The van der Waals surface area contributed by atoms with Crippen molar-refractivity contribution in [1.29, 1.82) is 0 Å². The van der Waals surface area contributed by atoms with Crippen LogP contribution >= 0.6 is 0 Å². The van der Waals surface area contributed by atoms with Gasteiger partial charge in [-0.3, -0.25) is 0 Å². The Morgan fingerprint density at radius 1 is 0.405 bits per heavy atom. The van der Waals surface area contributed by atoms with Gasteiger partial charge in [-0.15, -0.1) is 0 Å². The third kappa shape index (κ3) is 3.75. The van der Waals surface area contributed by atoms with Crippen molar-refractivity contribution in [1.82, 2.24) is 0 Å². The average molecular weight is 479 g/mol. The molecule has 37 heavy (non-hydrogen) atoms. The first-order valence-electron chi connectivity index (χ1n) is 13.4. The molecule has 6 rings (SSSR count). The summed E-state index contributed by atoms with van der Waals surface area (Å²) < 4.78 is 0. The standard InChI is InChI=1S/C37H34/c1-22(2)27-17-18-30-31(19-27)35(37-25(5)13-10-14-26(37)6)21-32-28-15-7-8-16-29(28)34(20-33(30)32)36-23(3)11-9-12-24(36)4/h7-22H,1-6H3. The fourth-order valence-corrected chi connectivity index (χ4v) is 6.27. The molecule has 6 aromatic rings. The van der Waals surface area contributed by atoms with E-state index in [4.69, 9.17) is 0 Å². The van der Waals surface area contributed by atoms with Crippen LogP contribution < -0.4 is 0 Å². The van der Waals surface area contributed by atoms with E-state index in [-0.39, 0.29) is 0 Å². The summed E-state index contributed by atoms with van der Waals surface area (Å²) in [4.78, 5) is 0. The van der Waals surface area contributed by atoms with Crippen LogP contribution in [-0.4, -0.2) is 0 Å². The van der Waals surface area contributed by atoms with Crippen LogP contribution in [0.1, 0.15) is 47.6 Å². The van der Waals surface area contributed by atoms with Crippen LogP contribution in [0.5, 0.6) is 0 Å². The molecule has 0 unspecified atom stereocenters. The fourth-order valence-electron chi connectivity index (χ4n) is 6.27. The summed E-state index contributed by atoms with van der Waals surface area (Å²) in [5, 5.41) is 7.97. The number of aryl methyl sites for hydroxylation is 4. The minimum absolute atomic E-state index is 0.479. The van der Waals surface area contributed by atoms with Gasteiger partial charge in [-0.25, -0.2) is 0 Å². The minimum atomic E-state index is 0.479. The Morgan fingerprint density at radius 2 is 0.865 bits per heavy atom. The molecular weight excluding hydrogens is 444 g/mol. The molecule has 0 fully saturated rings. The van der Waals surface area contributed by atoms with Crippen LogP contribution in [-0.2, 0) is 0 Å². The first-order chi connectivity index (χ1) is 17.8. The summed E-state index contributed by atoms with van der Waals surface area (Å²) in [7, 11) is 0. The van der Waals surface area contributed by atoms with Crippen molar-refractivity contribution in [3.63, 3.8) is 0 Å². The zero-order valence-corrected chi connectivity index (χ0v) is 22.7. The van der Waals surface area contributed by atoms with Crippen molar-refractivity contribution in [2.45, 2.75) is 47.5 Å². The maximum atomic E-state index is 2.47. The maximum Gasteiger partial charge on any atom is -0.00923 e. The lowest BCUT2D eigenvalue weighted by Crippen LogP contribution is -1.95. The van der Waals surface area contributed by atoms with E-state index >= 15 is 0 Å². The summed E-state index contributed by atoms with van der Waals surface area (Å²) >= 11 is 0. The lowest BCUT2D eigenvalue weighted by molar-refractivity contribution is 0.869.